The smallest absolute Gasteiger partial charge is 0.412 e. The summed E-state index contributed by atoms with van der Waals surface area (Å²) in [5.41, 5.74) is 1.79. The normalized spacial score (nSPS) is 12.7. The molecule has 0 bridgehead atoms. The van der Waals surface area contributed by atoms with Gasteiger partial charge in [-0.2, -0.15) is 0 Å². The van der Waals surface area contributed by atoms with Gasteiger partial charge in [0.25, 0.3) is 0 Å². The zero-order chi connectivity index (χ0) is 21.2. The van der Waals surface area contributed by atoms with E-state index in [1.165, 1.54) is 6.92 Å². The second-order valence-electron chi connectivity index (χ2n) is 6.72. The zero-order valence-electron chi connectivity index (χ0n) is 16.6. The zero-order valence-corrected chi connectivity index (χ0v) is 16.6. The summed E-state index contributed by atoms with van der Waals surface area (Å²) in [7, 11) is 0. The van der Waals surface area contributed by atoms with Crippen LogP contribution in [0.2, 0.25) is 0 Å². The van der Waals surface area contributed by atoms with Crippen LogP contribution in [0.1, 0.15) is 42.3 Å². The SMILES string of the molecule is CC(=O)c1ccc(NC(=O)O[C@@H](c2cccc(OCCO)c2)[C@@H](C)CCO)cc1. The number of nitrogens with one attached hydrogen (secondary N) is 1. The van der Waals surface area contributed by atoms with Gasteiger partial charge < -0.3 is 19.7 Å². The van der Waals surface area contributed by atoms with Crippen LogP contribution in [0, 0.1) is 5.92 Å². The molecular weight excluding hydrogens is 374 g/mol. The van der Waals surface area contributed by atoms with Gasteiger partial charge in [0.1, 0.15) is 18.5 Å². The van der Waals surface area contributed by atoms with Crippen molar-refractivity contribution in [1.29, 1.82) is 0 Å². The molecule has 0 saturated carbocycles. The van der Waals surface area contributed by atoms with E-state index in [0.717, 1.165) is 5.56 Å². The van der Waals surface area contributed by atoms with E-state index in [0.29, 0.717) is 23.4 Å². The second-order valence-corrected chi connectivity index (χ2v) is 6.72. The van der Waals surface area contributed by atoms with Gasteiger partial charge in [-0.25, -0.2) is 4.79 Å². The average molecular weight is 401 g/mol. The number of hydrogen-bond donors (Lipinski definition) is 3. The number of aliphatic hydroxyl groups excluding tert-OH is 2. The van der Waals surface area contributed by atoms with Crippen LogP contribution < -0.4 is 10.1 Å². The third-order valence-electron chi connectivity index (χ3n) is 4.42. The van der Waals surface area contributed by atoms with Gasteiger partial charge in [-0.15, -0.1) is 0 Å². The Hall–Kier alpha value is -2.90. The molecule has 0 aliphatic carbocycles. The van der Waals surface area contributed by atoms with Gasteiger partial charge in [0.05, 0.1) is 6.61 Å². The van der Waals surface area contributed by atoms with Crippen molar-refractivity contribution < 1.29 is 29.3 Å². The number of carbonyl (C=O) groups is 2. The second kappa shape index (κ2) is 11.2. The number of carbonyl (C=O) groups excluding carboxylic acids is 2. The highest BCUT2D eigenvalue weighted by Gasteiger charge is 2.24. The molecule has 29 heavy (non-hydrogen) atoms. The number of rotatable bonds is 10. The standard InChI is InChI=1S/C22H27NO6/c1-15(10-11-24)21(18-4-3-5-20(14-18)28-13-12-25)29-22(27)23-19-8-6-17(7-9-19)16(2)26/h3-9,14-15,21,24-25H,10-13H2,1-2H3,(H,23,27)/t15-,21+/m0/s1. The third-order valence-corrected chi connectivity index (χ3v) is 4.42. The van der Waals surface area contributed by atoms with E-state index in [2.05, 4.69) is 5.32 Å². The Kier molecular flexibility index (Phi) is 8.64. The lowest BCUT2D eigenvalue weighted by atomic mass is 9.94. The topological polar surface area (TPSA) is 105 Å². The fraction of sp³-hybridized carbons (Fsp3) is 0.364. The van der Waals surface area contributed by atoms with Crippen LogP contribution in [-0.2, 0) is 4.74 Å². The summed E-state index contributed by atoms with van der Waals surface area (Å²) in [4.78, 5) is 23.8. The Morgan fingerprint density at radius 1 is 1.07 bits per heavy atom. The van der Waals surface area contributed by atoms with E-state index in [4.69, 9.17) is 14.6 Å². The van der Waals surface area contributed by atoms with Crippen molar-refractivity contribution in [2.75, 3.05) is 25.1 Å². The molecule has 2 aromatic carbocycles. The summed E-state index contributed by atoms with van der Waals surface area (Å²) in [5, 5.41) is 20.9. The van der Waals surface area contributed by atoms with Gasteiger partial charge >= 0.3 is 6.09 Å². The fourth-order valence-electron chi connectivity index (χ4n) is 2.86. The molecule has 0 saturated heterocycles. The number of anilines is 1. The summed E-state index contributed by atoms with van der Waals surface area (Å²) < 4.78 is 11.1. The molecule has 0 spiro atoms. The van der Waals surface area contributed by atoms with Gasteiger partial charge in [0.2, 0.25) is 0 Å². The van der Waals surface area contributed by atoms with Crippen molar-refractivity contribution in [3.8, 4) is 5.75 Å². The molecule has 0 aromatic heterocycles. The highest BCUT2D eigenvalue weighted by Crippen LogP contribution is 2.31. The molecule has 156 valence electrons. The lowest BCUT2D eigenvalue weighted by molar-refractivity contribution is 0.0665. The molecule has 7 nitrogen and oxygen atoms in total. The Bertz CT molecular complexity index is 805. The lowest BCUT2D eigenvalue weighted by Crippen LogP contribution is -2.22. The molecule has 7 heteroatoms. The van der Waals surface area contributed by atoms with Crippen LogP contribution >= 0.6 is 0 Å². The maximum absolute atomic E-state index is 12.5. The van der Waals surface area contributed by atoms with Crippen molar-refractivity contribution in [1.82, 2.24) is 0 Å². The quantitative estimate of drug-likeness (QED) is 0.526. The monoisotopic (exact) mass is 401 g/mol. The van der Waals surface area contributed by atoms with Crippen LogP contribution in [0.3, 0.4) is 0 Å². The van der Waals surface area contributed by atoms with Crippen LogP contribution in [0.15, 0.2) is 48.5 Å². The Morgan fingerprint density at radius 2 is 1.79 bits per heavy atom. The van der Waals surface area contributed by atoms with Crippen LogP contribution in [0.5, 0.6) is 5.75 Å². The average Bonchev–Trinajstić information content (AvgIpc) is 2.71. The predicted molar refractivity (Wildman–Crippen MR) is 109 cm³/mol. The summed E-state index contributed by atoms with van der Waals surface area (Å²) in [5.74, 6) is 0.362. The Morgan fingerprint density at radius 3 is 2.41 bits per heavy atom. The van der Waals surface area contributed by atoms with Crippen LogP contribution in [-0.4, -0.2) is 41.9 Å². The minimum Gasteiger partial charge on any atom is -0.491 e. The number of Topliss-reactive ketones (excluding diaryl/α,β-unsaturated/α-hetero) is 1. The predicted octanol–water partition coefficient (Wildman–Crippen LogP) is 3.57. The molecule has 2 aromatic rings. The van der Waals surface area contributed by atoms with Crippen molar-refractivity contribution in [3.05, 3.63) is 59.7 Å². The summed E-state index contributed by atoms with van der Waals surface area (Å²) in [6.07, 6.45) is -0.791. The van der Waals surface area contributed by atoms with Crippen LogP contribution in [0.4, 0.5) is 10.5 Å². The molecule has 2 atom stereocenters. The maximum atomic E-state index is 12.5. The minimum absolute atomic E-state index is 0.0319. The number of ketones is 1. The summed E-state index contributed by atoms with van der Waals surface area (Å²) in [6.45, 7) is 3.39. The molecule has 0 aliphatic heterocycles. The van der Waals surface area contributed by atoms with Crippen LogP contribution in [0.25, 0.3) is 0 Å². The van der Waals surface area contributed by atoms with Gasteiger partial charge in [-0.1, -0.05) is 19.1 Å². The number of ether oxygens (including phenoxy) is 2. The highest BCUT2D eigenvalue weighted by molar-refractivity contribution is 5.94. The molecule has 0 aliphatic rings. The van der Waals surface area contributed by atoms with E-state index in [1.807, 2.05) is 13.0 Å². The number of amides is 1. The summed E-state index contributed by atoms with van der Waals surface area (Å²) >= 11 is 0. The molecular formula is C22H27NO6. The third kappa shape index (κ3) is 6.89. The first-order chi connectivity index (χ1) is 13.9. The van der Waals surface area contributed by atoms with Crippen molar-refractivity contribution in [2.24, 2.45) is 5.92 Å². The maximum Gasteiger partial charge on any atom is 0.412 e. The lowest BCUT2D eigenvalue weighted by Gasteiger charge is -2.24. The van der Waals surface area contributed by atoms with E-state index >= 15 is 0 Å². The molecule has 0 fully saturated rings. The van der Waals surface area contributed by atoms with E-state index in [-0.39, 0.29) is 31.5 Å². The highest BCUT2D eigenvalue weighted by atomic mass is 16.6. The largest absolute Gasteiger partial charge is 0.491 e. The summed E-state index contributed by atoms with van der Waals surface area (Å²) in [6, 6.07) is 13.6. The number of benzene rings is 2. The molecule has 3 N–H and O–H groups in total. The fourth-order valence-corrected chi connectivity index (χ4v) is 2.86. The van der Waals surface area contributed by atoms with Gasteiger partial charge in [-0.3, -0.25) is 10.1 Å². The van der Waals surface area contributed by atoms with Gasteiger partial charge in [0, 0.05) is 17.9 Å². The van der Waals surface area contributed by atoms with Crippen molar-refractivity contribution in [3.63, 3.8) is 0 Å². The Labute approximate surface area is 170 Å². The number of hydrogen-bond acceptors (Lipinski definition) is 6. The van der Waals surface area contributed by atoms with Crippen molar-refractivity contribution >= 4 is 17.6 Å². The molecule has 0 unspecified atom stereocenters. The molecule has 1 amide bonds. The molecule has 2 rings (SSSR count). The van der Waals surface area contributed by atoms with E-state index in [9.17, 15) is 14.7 Å². The first-order valence-electron chi connectivity index (χ1n) is 9.47. The van der Waals surface area contributed by atoms with E-state index < -0.39 is 12.2 Å². The van der Waals surface area contributed by atoms with Gasteiger partial charge in [-0.05, 0) is 61.2 Å². The van der Waals surface area contributed by atoms with Crippen molar-refractivity contribution in [2.45, 2.75) is 26.4 Å². The molecule has 0 radical (unpaired) electrons. The number of aliphatic hydroxyl groups is 2. The first-order valence-corrected chi connectivity index (χ1v) is 9.47. The first kappa shape index (κ1) is 22.4. The van der Waals surface area contributed by atoms with E-state index in [1.54, 1.807) is 42.5 Å². The molecule has 0 heterocycles. The minimum atomic E-state index is -0.642. The Balaban J connectivity index is 2.13. The van der Waals surface area contributed by atoms with Gasteiger partial charge in [0.15, 0.2) is 5.78 Å².